The fourth-order valence-corrected chi connectivity index (χ4v) is 3.62. The van der Waals surface area contributed by atoms with Crippen molar-refractivity contribution < 1.29 is 9.20 Å². The van der Waals surface area contributed by atoms with Gasteiger partial charge in [-0.2, -0.15) is 0 Å². The topological polar surface area (TPSA) is 67.7 Å². The maximum absolute atomic E-state index is 12.2. The Morgan fingerprint density at radius 2 is 1.83 bits per heavy atom. The molecular formula is C17H15N4O2S+. The van der Waals surface area contributed by atoms with Gasteiger partial charge in [-0.05, 0) is 35.9 Å². The molecule has 7 heteroatoms. The molecule has 3 heterocycles. The second-order valence-corrected chi connectivity index (χ2v) is 6.30. The maximum Gasteiger partial charge on any atom is 0.437 e. The molecule has 0 unspecified atom stereocenters. The highest BCUT2D eigenvalue weighted by Gasteiger charge is 2.28. The quantitative estimate of drug-likeness (QED) is 0.584. The van der Waals surface area contributed by atoms with E-state index in [-0.39, 0.29) is 0 Å². The Balaban J connectivity index is 1.85. The largest absolute Gasteiger partial charge is 0.437 e. The minimum atomic E-state index is -0.448. The van der Waals surface area contributed by atoms with Crippen LogP contribution in [0.4, 0.5) is 0 Å². The number of thiazole rings is 1. The molecule has 0 fully saturated rings. The number of rotatable bonds is 3. The number of hydrogen-bond acceptors (Lipinski definition) is 4. The monoisotopic (exact) mass is 339 g/mol. The lowest BCUT2D eigenvalue weighted by Crippen LogP contribution is -2.36. The molecule has 0 amide bonds. The van der Waals surface area contributed by atoms with Gasteiger partial charge >= 0.3 is 11.3 Å². The van der Waals surface area contributed by atoms with Crippen molar-refractivity contribution in [3.05, 3.63) is 69.7 Å². The zero-order valence-electron chi connectivity index (χ0n) is 13.2. The molecule has 0 radical (unpaired) electrons. The summed E-state index contributed by atoms with van der Waals surface area (Å²) in [6, 6.07) is 13.6. The fraction of sp³-hybridized carbons (Fsp3) is 0.118. The van der Waals surface area contributed by atoms with E-state index in [1.807, 2.05) is 61.7 Å². The van der Waals surface area contributed by atoms with Crippen LogP contribution in [0.25, 0.3) is 22.2 Å². The molecule has 4 rings (SSSR count). The first-order chi connectivity index (χ1) is 11.6. The minimum absolute atomic E-state index is 0.381. The highest BCUT2D eigenvalue weighted by molar-refractivity contribution is 7.12. The van der Waals surface area contributed by atoms with Gasteiger partial charge in [0.15, 0.2) is 10.8 Å². The number of aromatic amines is 1. The molecule has 4 aromatic rings. The Morgan fingerprint density at radius 1 is 1.12 bits per heavy atom. The lowest BCUT2D eigenvalue weighted by Gasteiger charge is -2.03. The molecule has 120 valence electrons. The van der Waals surface area contributed by atoms with Crippen molar-refractivity contribution in [3.63, 3.8) is 0 Å². The molecule has 0 saturated carbocycles. The van der Waals surface area contributed by atoms with Crippen LogP contribution in [0, 0.1) is 13.8 Å². The van der Waals surface area contributed by atoms with Gasteiger partial charge in [-0.1, -0.05) is 18.2 Å². The second-order valence-electron chi connectivity index (χ2n) is 5.47. The van der Waals surface area contributed by atoms with E-state index in [4.69, 9.17) is 4.52 Å². The molecule has 0 saturated heterocycles. The number of nitrogens with zero attached hydrogens (tertiary/aromatic N) is 3. The zero-order chi connectivity index (χ0) is 16.7. The molecule has 0 aliphatic rings. The molecule has 0 aliphatic heterocycles. The average Bonchev–Trinajstić information content (AvgIpc) is 3.27. The van der Waals surface area contributed by atoms with Gasteiger partial charge in [0.2, 0.25) is 5.69 Å². The Kier molecular flexibility index (Phi) is 3.42. The standard InChI is InChI=1S/C17H14N4O2S/c1-11-8-9-12(2)20(11)17-18-14(10-24-17)15-16(22)23-19-21(15)13-6-4-3-5-7-13/h3-10H,1-2H3/p+1. The summed E-state index contributed by atoms with van der Waals surface area (Å²) in [6.45, 7) is 4.06. The predicted octanol–water partition coefficient (Wildman–Crippen LogP) is 2.78. The Morgan fingerprint density at radius 3 is 2.54 bits per heavy atom. The first-order valence-corrected chi connectivity index (χ1v) is 8.33. The number of hydrogen-bond donors (Lipinski definition) is 1. The zero-order valence-corrected chi connectivity index (χ0v) is 14.0. The van der Waals surface area contributed by atoms with Gasteiger partial charge in [-0.3, -0.25) is 9.09 Å². The van der Waals surface area contributed by atoms with Crippen LogP contribution in [-0.2, 0) is 0 Å². The van der Waals surface area contributed by atoms with Gasteiger partial charge in [-0.15, -0.1) is 11.3 Å². The second kappa shape index (κ2) is 5.61. The van der Waals surface area contributed by atoms with E-state index in [9.17, 15) is 4.79 Å². The van der Waals surface area contributed by atoms with Crippen molar-refractivity contribution in [2.24, 2.45) is 0 Å². The van der Waals surface area contributed by atoms with Crippen LogP contribution in [0.15, 0.2) is 57.2 Å². The van der Waals surface area contributed by atoms with E-state index in [0.717, 1.165) is 22.2 Å². The van der Waals surface area contributed by atoms with Crippen LogP contribution in [0.5, 0.6) is 0 Å². The smallest absolute Gasteiger partial charge is 0.295 e. The summed E-state index contributed by atoms with van der Waals surface area (Å²) in [5.74, 6) is 0. The Labute approximate surface area is 141 Å². The number of para-hydroxylation sites is 1. The van der Waals surface area contributed by atoms with Gasteiger partial charge in [0.25, 0.3) is 0 Å². The van der Waals surface area contributed by atoms with E-state index in [1.165, 1.54) is 11.3 Å². The number of H-pyrrole nitrogens is 1. The molecule has 0 atom stereocenters. The number of benzene rings is 1. The molecule has 1 N–H and O–H groups in total. The molecule has 3 aromatic heterocycles. The van der Waals surface area contributed by atoms with Crippen molar-refractivity contribution >= 4 is 11.3 Å². The predicted molar refractivity (Wildman–Crippen MR) is 90.8 cm³/mol. The molecule has 24 heavy (non-hydrogen) atoms. The summed E-state index contributed by atoms with van der Waals surface area (Å²) >= 11 is 1.49. The van der Waals surface area contributed by atoms with Gasteiger partial charge in [0, 0.05) is 28.9 Å². The minimum Gasteiger partial charge on any atom is -0.295 e. The molecule has 0 bridgehead atoms. The lowest BCUT2D eigenvalue weighted by atomic mass is 10.3. The van der Waals surface area contributed by atoms with Crippen LogP contribution >= 0.6 is 11.3 Å². The molecule has 1 aromatic carbocycles. The van der Waals surface area contributed by atoms with Gasteiger partial charge in [0.05, 0.1) is 0 Å². The molecule has 6 nitrogen and oxygen atoms in total. The summed E-state index contributed by atoms with van der Waals surface area (Å²) < 4.78 is 8.66. The normalized spacial score (nSPS) is 11.1. The van der Waals surface area contributed by atoms with Crippen LogP contribution < -0.4 is 10.3 Å². The van der Waals surface area contributed by atoms with E-state index in [2.05, 4.69) is 14.8 Å². The first-order valence-electron chi connectivity index (χ1n) is 7.45. The van der Waals surface area contributed by atoms with Gasteiger partial charge in [0.1, 0.15) is 0 Å². The first kappa shape index (κ1) is 14.6. The van der Waals surface area contributed by atoms with E-state index in [1.54, 1.807) is 4.68 Å². The van der Waals surface area contributed by atoms with Crippen LogP contribution in [0.1, 0.15) is 11.4 Å². The maximum atomic E-state index is 12.2. The van der Waals surface area contributed by atoms with Crippen LogP contribution in [-0.4, -0.2) is 14.8 Å². The number of nitrogens with one attached hydrogen (secondary N) is 1. The summed E-state index contributed by atoms with van der Waals surface area (Å²) in [7, 11) is 0. The van der Waals surface area contributed by atoms with Crippen molar-refractivity contribution in [3.8, 4) is 22.2 Å². The van der Waals surface area contributed by atoms with E-state index in [0.29, 0.717) is 11.4 Å². The van der Waals surface area contributed by atoms with Crippen molar-refractivity contribution in [2.75, 3.05) is 0 Å². The summed E-state index contributed by atoms with van der Waals surface area (Å²) in [5.41, 5.74) is 3.53. The van der Waals surface area contributed by atoms with Crippen molar-refractivity contribution in [2.45, 2.75) is 13.8 Å². The molecular weight excluding hydrogens is 324 g/mol. The molecule has 0 spiro atoms. The fourth-order valence-electron chi connectivity index (χ4n) is 2.70. The number of aromatic nitrogens is 4. The highest BCUT2D eigenvalue weighted by atomic mass is 32.1. The summed E-state index contributed by atoms with van der Waals surface area (Å²) in [4.78, 5) is 16.8. The van der Waals surface area contributed by atoms with Crippen molar-refractivity contribution in [1.82, 2.24) is 14.8 Å². The number of aryl methyl sites for hydroxylation is 2. The van der Waals surface area contributed by atoms with E-state index < -0.39 is 5.63 Å². The third-order valence-corrected chi connectivity index (χ3v) is 4.68. The SMILES string of the molecule is Cc1ccc(C)n1-c1nc(-c2c(=O)o[nH][n+]2-c2ccccc2)cs1. The molecule has 0 aliphatic carbocycles. The Hall–Kier alpha value is -2.93. The van der Waals surface area contributed by atoms with Gasteiger partial charge in [-0.25, -0.2) is 9.78 Å². The van der Waals surface area contributed by atoms with Crippen LogP contribution in [0.3, 0.4) is 0 Å². The average molecular weight is 339 g/mol. The summed E-state index contributed by atoms with van der Waals surface area (Å²) in [5, 5.41) is 5.34. The van der Waals surface area contributed by atoms with Crippen LogP contribution in [0.2, 0.25) is 0 Å². The third kappa shape index (κ3) is 2.30. The van der Waals surface area contributed by atoms with E-state index >= 15 is 0 Å². The third-order valence-electron chi connectivity index (χ3n) is 3.86. The lowest BCUT2D eigenvalue weighted by molar-refractivity contribution is -0.660. The highest BCUT2D eigenvalue weighted by Crippen LogP contribution is 2.24. The summed E-state index contributed by atoms with van der Waals surface area (Å²) in [6.07, 6.45) is 0. The Bertz CT molecular complexity index is 1040. The van der Waals surface area contributed by atoms with Gasteiger partial charge < -0.3 is 0 Å². The van der Waals surface area contributed by atoms with Crippen molar-refractivity contribution in [1.29, 1.82) is 0 Å².